The number of ether oxygens (including phenoxy) is 1. The van der Waals surface area contributed by atoms with Gasteiger partial charge < -0.3 is 10.1 Å². The van der Waals surface area contributed by atoms with Crippen LogP contribution in [-0.4, -0.2) is 22.8 Å². The normalized spacial score (nSPS) is 10.4. The Morgan fingerprint density at radius 3 is 2.70 bits per heavy atom. The lowest BCUT2D eigenvalue weighted by Gasteiger charge is -2.08. The fourth-order valence-electron chi connectivity index (χ4n) is 1.99. The molecule has 2 rings (SSSR count). The lowest BCUT2D eigenvalue weighted by atomic mass is 10.1. The zero-order valence-corrected chi connectivity index (χ0v) is 11.8. The van der Waals surface area contributed by atoms with Gasteiger partial charge in [0, 0.05) is 12.6 Å². The van der Waals surface area contributed by atoms with E-state index in [0.717, 1.165) is 0 Å². The van der Waals surface area contributed by atoms with Crippen LogP contribution in [0, 0.1) is 19.7 Å². The highest BCUT2D eigenvalue weighted by Crippen LogP contribution is 2.27. The summed E-state index contributed by atoms with van der Waals surface area (Å²) in [6.07, 6.45) is 0. The first-order chi connectivity index (χ1) is 9.43. The number of anilines is 1. The summed E-state index contributed by atoms with van der Waals surface area (Å²) in [5.41, 5.74) is 1.97. The number of carbonyl (C=O) groups is 1. The van der Waals surface area contributed by atoms with Gasteiger partial charge in [0.15, 0.2) is 0 Å². The summed E-state index contributed by atoms with van der Waals surface area (Å²) < 4.78 is 20.0. The van der Waals surface area contributed by atoms with Gasteiger partial charge in [-0.2, -0.15) is 5.10 Å². The van der Waals surface area contributed by atoms with Crippen LogP contribution in [0.5, 0.6) is 5.88 Å². The molecule has 2 aromatic rings. The van der Waals surface area contributed by atoms with Crippen molar-refractivity contribution in [3.63, 3.8) is 0 Å². The van der Waals surface area contributed by atoms with E-state index in [1.165, 1.54) is 25.3 Å². The smallest absolute Gasteiger partial charge is 0.255 e. The Hall–Kier alpha value is -2.37. The van der Waals surface area contributed by atoms with Gasteiger partial charge >= 0.3 is 0 Å². The topological polar surface area (TPSA) is 56.1 Å². The minimum absolute atomic E-state index is 0.331. The summed E-state index contributed by atoms with van der Waals surface area (Å²) in [5, 5.41) is 6.92. The van der Waals surface area contributed by atoms with Gasteiger partial charge in [0.25, 0.3) is 5.91 Å². The maximum absolute atomic E-state index is 13.2. The van der Waals surface area contributed by atoms with E-state index in [9.17, 15) is 9.18 Å². The number of amides is 1. The van der Waals surface area contributed by atoms with Crippen LogP contribution in [0.2, 0.25) is 0 Å². The molecule has 0 saturated carbocycles. The molecule has 0 bridgehead atoms. The Balaban J connectivity index is 2.30. The quantitative estimate of drug-likeness (QED) is 0.937. The number of halogens is 1. The van der Waals surface area contributed by atoms with E-state index in [4.69, 9.17) is 4.74 Å². The van der Waals surface area contributed by atoms with E-state index < -0.39 is 0 Å². The maximum Gasteiger partial charge on any atom is 0.255 e. The lowest BCUT2D eigenvalue weighted by Crippen LogP contribution is -2.13. The standard InChI is InChI=1S/C14H16FN3O2/c1-8-7-10(5-6-11(8)15)13(19)16-12-9(2)17-18(3)14(12)20-4/h5-7H,1-4H3,(H,16,19). The van der Waals surface area contributed by atoms with Crippen molar-refractivity contribution in [2.45, 2.75) is 13.8 Å². The Bertz CT molecular complexity index is 665. The first-order valence-electron chi connectivity index (χ1n) is 6.09. The third-order valence-electron chi connectivity index (χ3n) is 3.02. The molecule has 1 aromatic heterocycles. The van der Waals surface area contributed by atoms with E-state index in [2.05, 4.69) is 10.4 Å². The van der Waals surface area contributed by atoms with Gasteiger partial charge in [-0.3, -0.25) is 4.79 Å². The first kappa shape index (κ1) is 14.0. The second kappa shape index (κ2) is 5.32. The predicted molar refractivity (Wildman–Crippen MR) is 73.6 cm³/mol. The molecule has 1 amide bonds. The van der Waals surface area contributed by atoms with Crippen LogP contribution in [0.1, 0.15) is 21.6 Å². The number of hydrogen-bond acceptors (Lipinski definition) is 3. The SMILES string of the molecule is COc1c(NC(=O)c2ccc(F)c(C)c2)c(C)nn1C. The van der Waals surface area contributed by atoms with Crippen LogP contribution in [0.3, 0.4) is 0 Å². The number of methoxy groups -OCH3 is 1. The Morgan fingerprint density at radius 2 is 2.10 bits per heavy atom. The lowest BCUT2D eigenvalue weighted by molar-refractivity contribution is 0.102. The molecule has 0 spiro atoms. The molecule has 0 saturated heterocycles. The molecule has 1 heterocycles. The van der Waals surface area contributed by atoms with Crippen LogP contribution < -0.4 is 10.1 Å². The molecule has 20 heavy (non-hydrogen) atoms. The highest BCUT2D eigenvalue weighted by atomic mass is 19.1. The molecule has 0 atom stereocenters. The fraction of sp³-hybridized carbons (Fsp3) is 0.286. The summed E-state index contributed by atoms with van der Waals surface area (Å²) in [4.78, 5) is 12.2. The van der Waals surface area contributed by atoms with Crippen LogP contribution in [0.15, 0.2) is 18.2 Å². The maximum atomic E-state index is 13.2. The fourth-order valence-corrected chi connectivity index (χ4v) is 1.99. The summed E-state index contributed by atoms with van der Waals surface area (Å²) in [5.74, 6) is -0.200. The molecule has 0 fully saturated rings. The van der Waals surface area contributed by atoms with Gasteiger partial charge in [0.05, 0.1) is 12.8 Å². The predicted octanol–water partition coefficient (Wildman–Crippen LogP) is 2.44. The van der Waals surface area contributed by atoms with Crippen LogP contribution in [0.25, 0.3) is 0 Å². The summed E-state index contributed by atoms with van der Waals surface area (Å²) in [6, 6.07) is 4.22. The summed E-state index contributed by atoms with van der Waals surface area (Å²) >= 11 is 0. The molecule has 106 valence electrons. The summed E-state index contributed by atoms with van der Waals surface area (Å²) in [7, 11) is 3.23. The molecule has 0 unspecified atom stereocenters. The first-order valence-corrected chi connectivity index (χ1v) is 6.09. The highest BCUT2D eigenvalue weighted by Gasteiger charge is 2.17. The number of benzene rings is 1. The van der Waals surface area contributed by atoms with Crippen LogP contribution in [-0.2, 0) is 7.05 Å². The highest BCUT2D eigenvalue weighted by molar-refractivity contribution is 6.05. The number of aromatic nitrogens is 2. The monoisotopic (exact) mass is 277 g/mol. The van der Waals surface area contributed by atoms with E-state index in [1.54, 1.807) is 25.6 Å². The van der Waals surface area contributed by atoms with E-state index >= 15 is 0 Å². The van der Waals surface area contributed by atoms with Crippen molar-refractivity contribution in [3.05, 3.63) is 40.8 Å². The van der Waals surface area contributed by atoms with Crippen molar-refractivity contribution in [2.75, 3.05) is 12.4 Å². The second-order valence-electron chi connectivity index (χ2n) is 4.51. The van der Waals surface area contributed by atoms with Gasteiger partial charge in [-0.05, 0) is 37.6 Å². The number of nitrogens with zero attached hydrogens (tertiary/aromatic N) is 2. The number of nitrogens with one attached hydrogen (secondary N) is 1. The van der Waals surface area contributed by atoms with Crippen molar-refractivity contribution in [1.29, 1.82) is 0 Å². The molecule has 0 radical (unpaired) electrons. The molecule has 0 aliphatic carbocycles. The Morgan fingerprint density at radius 1 is 1.40 bits per heavy atom. The van der Waals surface area contributed by atoms with Crippen molar-refractivity contribution < 1.29 is 13.9 Å². The average Bonchev–Trinajstić information content (AvgIpc) is 2.67. The number of aryl methyl sites for hydroxylation is 3. The van der Waals surface area contributed by atoms with Gasteiger partial charge in [-0.1, -0.05) is 0 Å². The minimum atomic E-state index is -0.336. The third-order valence-corrected chi connectivity index (χ3v) is 3.02. The number of hydrogen-bond donors (Lipinski definition) is 1. The zero-order valence-electron chi connectivity index (χ0n) is 11.8. The number of carbonyl (C=O) groups excluding carboxylic acids is 1. The van der Waals surface area contributed by atoms with Gasteiger partial charge in [-0.25, -0.2) is 9.07 Å². The molecule has 0 aliphatic heterocycles. The van der Waals surface area contributed by atoms with Gasteiger partial charge in [-0.15, -0.1) is 0 Å². The van der Waals surface area contributed by atoms with Gasteiger partial charge in [0.2, 0.25) is 5.88 Å². The molecule has 0 aliphatic rings. The molecule has 1 N–H and O–H groups in total. The van der Waals surface area contributed by atoms with Crippen LogP contribution in [0.4, 0.5) is 10.1 Å². The number of rotatable bonds is 3. The van der Waals surface area contributed by atoms with E-state index in [-0.39, 0.29) is 11.7 Å². The van der Waals surface area contributed by atoms with E-state index in [0.29, 0.717) is 28.4 Å². The van der Waals surface area contributed by atoms with Gasteiger partial charge in [0.1, 0.15) is 11.5 Å². The third kappa shape index (κ3) is 2.49. The van der Waals surface area contributed by atoms with Crippen molar-refractivity contribution in [2.24, 2.45) is 7.05 Å². The average molecular weight is 277 g/mol. The largest absolute Gasteiger partial charge is 0.480 e. The zero-order chi connectivity index (χ0) is 14.9. The van der Waals surface area contributed by atoms with Crippen molar-refractivity contribution >= 4 is 11.6 Å². The Kier molecular flexibility index (Phi) is 3.74. The Labute approximate surface area is 116 Å². The van der Waals surface area contributed by atoms with Crippen molar-refractivity contribution in [3.8, 4) is 5.88 Å². The summed E-state index contributed by atoms with van der Waals surface area (Å²) in [6.45, 7) is 3.38. The molecule has 6 heteroatoms. The molecule has 1 aromatic carbocycles. The van der Waals surface area contributed by atoms with Crippen molar-refractivity contribution in [1.82, 2.24) is 9.78 Å². The second-order valence-corrected chi connectivity index (χ2v) is 4.51. The molecular weight excluding hydrogens is 261 g/mol. The van der Waals surface area contributed by atoms with Crippen LogP contribution >= 0.6 is 0 Å². The minimum Gasteiger partial charge on any atom is -0.480 e. The molecule has 5 nitrogen and oxygen atoms in total. The molecular formula is C14H16FN3O2. The van der Waals surface area contributed by atoms with E-state index in [1.807, 2.05) is 0 Å².